The number of nitrogens with zero attached hydrogens (tertiary/aromatic N) is 2. The van der Waals surface area contributed by atoms with Crippen LogP contribution >= 0.6 is 15.9 Å². The van der Waals surface area contributed by atoms with Crippen molar-refractivity contribution in [3.8, 4) is 0 Å². The Morgan fingerprint density at radius 1 is 0.782 bits per heavy atom. The molecule has 1 aliphatic carbocycles. The summed E-state index contributed by atoms with van der Waals surface area (Å²) in [7, 11) is 0. The number of carbonyl (C=O) groups is 5. The lowest BCUT2D eigenvalue weighted by Gasteiger charge is -2.37. The van der Waals surface area contributed by atoms with Crippen LogP contribution in [0.5, 0.6) is 0 Å². The monoisotopic (exact) mass is 820 g/mol. The molecule has 0 bridgehead atoms. The maximum absolute atomic E-state index is 14.1. The number of rotatable bonds is 9. The third kappa shape index (κ3) is 13.7. The number of anilines is 3. The Morgan fingerprint density at radius 2 is 1.40 bits per heavy atom. The van der Waals surface area contributed by atoms with E-state index in [1.54, 1.807) is 39.0 Å². The smallest absolute Gasteiger partial charge is 0.338 e. The van der Waals surface area contributed by atoms with Crippen LogP contribution in [-0.2, 0) is 35.2 Å². The molecule has 1 unspecified atom stereocenters. The van der Waals surface area contributed by atoms with Crippen LogP contribution < -0.4 is 20.4 Å². The Labute approximate surface area is 332 Å². The van der Waals surface area contributed by atoms with Crippen molar-refractivity contribution in [1.82, 2.24) is 5.32 Å². The van der Waals surface area contributed by atoms with E-state index < -0.39 is 35.5 Å². The third-order valence-electron chi connectivity index (χ3n) is 8.55. The number of carbonyl (C=O) groups excluding carboxylic acids is 5. The van der Waals surface area contributed by atoms with Crippen molar-refractivity contribution in [2.45, 2.75) is 104 Å². The van der Waals surface area contributed by atoms with Crippen LogP contribution in [0.1, 0.15) is 89.6 Å². The van der Waals surface area contributed by atoms with Crippen molar-refractivity contribution in [3.63, 3.8) is 0 Å². The minimum absolute atomic E-state index is 0.126. The number of hydrogen-bond donors (Lipinski definition) is 2. The number of alkyl halides is 1. The zero-order valence-electron chi connectivity index (χ0n) is 32.6. The van der Waals surface area contributed by atoms with Crippen LogP contribution in [0, 0.1) is 0 Å². The molecule has 2 N–H and O–H groups in total. The van der Waals surface area contributed by atoms with E-state index in [1.807, 2.05) is 75.4 Å². The van der Waals surface area contributed by atoms with Crippen molar-refractivity contribution in [1.29, 1.82) is 0 Å². The molecular weight excluding hydrogens is 768 g/mol. The van der Waals surface area contributed by atoms with E-state index in [0.29, 0.717) is 11.4 Å². The molecule has 3 amide bonds. The maximum Gasteiger partial charge on any atom is 0.338 e. The lowest BCUT2D eigenvalue weighted by Crippen LogP contribution is -2.55. The molecular formula is C42H53BrN4O8. The molecule has 3 aromatic rings. The Balaban J connectivity index is 0.000000665. The van der Waals surface area contributed by atoms with Gasteiger partial charge in [-0.15, -0.1) is 0 Å². The summed E-state index contributed by atoms with van der Waals surface area (Å²) in [5.74, 6) is -1.70. The molecule has 0 spiro atoms. The van der Waals surface area contributed by atoms with Crippen molar-refractivity contribution in [2.24, 2.45) is 0 Å². The molecule has 5 rings (SSSR count). The zero-order valence-corrected chi connectivity index (χ0v) is 34.1. The minimum Gasteiger partial charge on any atom is -0.459 e. The highest BCUT2D eigenvalue weighted by atomic mass is 79.9. The normalized spacial score (nSPS) is 16.1. The summed E-state index contributed by atoms with van der Waals surface area (Å²) in [5, 5.41) is 5.89. The summed E-state index contributed by atoms with van der Waals surface area (Å²) in [6.45, 7) is 10.9. The summed E-state index contributed by atoms with van der Waals surface area (Å²) in [4.78, 5) is 67.4. The second-order valence-corrected chi connectivity index (χ2v) is 16.0. The van der Waals surface area contributed by atoms with Gasteiger partial charge in [0, 0.05) is 18.3 Å². The number of hydrogen-bond acceptors (Lipinski definition) is 9. The topological polar surface area (TPSA) is 144 Å². The predicted octanol–water partition coefficient (Wildman–Crippen LogP) is 7.78. The summed E-state index contributed by atoms with van der Waals surface area (Å²) in [6.07, 6.45) is 5.28. The Morgan fingerprint density at radius 3 is 2.02 bits per heavy atom. The quantitative estimate of drug-likeness (QED) is 0.126. The van der Waals surface area contributed by atoms with Gasteiger partial charge in [0.05, 0.1) is 16.9 Å². The standard InChI is InChI=1S/C36H42N4O6.C6H11BrO2/c1-36(2,3)46-32(41)23-40-31-20-11-10-19-30(31)39(28-17-8-5-9-18-28)22-29(33(40)42)38-35(44)37-27-16-12-15-26(21-27)34(43)45-24-25-13-6-4-7-14-25;1-6(2,3)9-5(8)4-7/h4,6-7,10-16,19-21,28-29H,5,8-9,17-18,22-24H2,1-3H3,(H2,37,38,44);4H2,1-3H3. The van der Waals surface area contributed by atoms with Crippen LogP contribution in [0.15, 0.2) is 78.9 Å². The van der Waals surface area contributed by atoms with E-state index in [9.17, 15) is 24.0 Å². The molecule has 1 heterocycles. The lowest BCUT2D eigenvalue weighted by molar-refractivity contribution is -0.154. The SMILES string of the molecule is CC(C)(C)OC(=O)CBr.CC(C)(C)OC(=O)CN1C(=O)C(NC(=O)Nc2cccc(C(=O)OCc3ccccc3)c2)CN(C2CCCCC2)c2ccccc21. The van der Waals surface area contributed by atoms with Crippen molar-refractivity contribution in [2.75, 3.05) is 33.5 Å². The van der Waals surface area contributed by atoms with Gasteiger partial charge in [-0.1, -0.05) is 83.7 Å². The van der Waals surface area contributed by atoms with Gasteiger partial charge >= 0.3 is 23.9 Å². The molecule has 0 aromatic heterocycles. The molecule has 2 aliphatic rings. The first-order chi connectivity index (χ1) is 26.0. The molecule has 13 heteroatoms. The zero-order chi connectivity index (χ0) is 40.2. The Hall–Kier alpha value is -4.91. The average Bonchev–Trinajstić information content (AvgIpc) is 3.24. The fourth-order valence-corrected chi connectivity index (χ4v) is 6.47. The first-order valence-corrected chi connectivity index (χ1v) is 19.7. The summed E-state index contributed by atoms with van der Waals surface area (Å²) in [6, 6.07) is 22.0. The van der Waals surface area contributed by atoms with E-state index in [1.165, 1.54) is 17.4 Å². The molecule has 0 saturated heterocycles. The van der Waals surface area contributed by atoms with Gasteiger partial charge in [0.2, 0.25) is 0 Å². The van der Waals surface area contributed by atoms with E-state index in [4.69, 9.17) is 14.2 Å². The van der Waals surface area contributed by atoms with Gasteiger partial charge in [0.25, 0.3) is 5.91 Å². The van der Waals surface area contributed by atoms with Crippen LogP contribution in [0.4, 0.5) is 21.9 Å². The highest BCUT2D eigenvalue weighted by molar-refractivity contribution is 9.09. The van der Waals surface area contributed by atoms with Crippen molar-refractivity contribution >= 4 is 62.8 Å². The van der Waals surface area contributed by atoms with Crippen molar-refractivity contribution < 1.29 is 38.2 Å². The molecule has 1 saturated carbocycles. The molecule has 0 radical (unpaired) electrons. The van der Waals surface area contributed by atoms with E-state index in [0.717, 1.165) is 36.9 Å². The van der Waals surface area contributed by atoms with E-state index >= 15 is 0 Å². The van der Waals surface area contributed by atoms with Crippen LogP contribution in [0.25, 0.3) is 0 Å². The van der Waals surface area contributed by atoms with Gasteiger partial charge in [-0.2, -0.15) is 0 Å². The second-order valence-electron chi connectivity index (χ2n) is 15.5. The number of benzene rings is 3. The minimum atomic E-state index is -0.962. The number of nitrogens with one attached hydrogen (secondary N) is 2. The molecule has 55 heavy (non-hydrogen) atoms. The number of halogens is 1. The van der Waals surface area contributed by atoms with Gasteiger partial charge in [-0.3, -0.25) is 19.3 Å². The number of ether oxygens (including phenoxy) is 3. The summed E-state index contributed by atoms with van der Waals surface area (Å²) in [5.41, 5.74) is 1.88. The summed E-state index contributed by atoms with van der Waals surface area (Å²) >= 11 is 2.99. The molecule has 1 aliphatic heterocycles. The van der Waals surface area contributed by atoms with Crippen molar-refractivity contribution in [3.05, 3.63) is 90.0 Å². The fraction of sp³-hybridized carbons (Fsp3) is 0.452. The third-order valence-corrected chi connectivity index (χ3v) is 9.01. The van der Waals surface area contributed by atoms with Crippen LogP contribution in [0.3, 0.4) is 0 Å². The number of amides is 3. The highest BCUT2D eigenvalue weighted by Crippen LogP contribution is 2.37. The molecule has 1 fully saturated rings. The van der Waals surface area contributed by atoms with Gasteiger partial charge in [-0.25, -0.2) is 9.59 Å². The predicted molar refractivity (Wildman–Crippen MR) is 216 cm³/mol. The van der Waals surface area contributed by atoms with Gasteiger partial charge in [0.15, 0.2) is 0 Å². The first kappa shape index (κ1) is 42.8. The maximum atomic E-state index is 14.1. The number of para-hydroxylation sites is 2. The van der Waals surface area contributed by atoms with Crippen LogP contribution in [0.2, 0.25) is 0 Å². The van der Waals surface area contributed by atoms with Crippen LogP contribution in [-0.4, -0.2) is 71.6 Å². The number of urea groups is 1. The fourth-order valence-electron chi connectivity index (χ4n) is 6.35. The molecule has 3 aromatic carbocycles. The number of fused-ring (bicyclic) bond motifs is 1. The molecule has 1 atom stereocenters. The van der Waals surface area contributed by atoms with Gasteiger partial charge in [-0.05, 0) is 90.3 Å². The molecule has 296 valence electrons. The lowest BCUT2D eigenvalue weighted by atomic mass is 9.93. The van der Waals surface area contributed by atoms with E-state index in [-0.39, 0.29) is 48.2 Å². The Kier molecular flexibility index (Phi) is 15.3. The van der Waals surface area contributed by atoms with Gasteiger partial charge in [0.1, 0.15) is 35.7 Å². The number of esters is 3. The average molecular weight is 822 g/mol. The van der Waals surface area contributed by atoms with E-state index in [2.05, 4.69) is 31.5 Å². The first-order valence-electron chi connectivity index (χ1n) is 18.6. The highest BCUT2D eigenvalue weighted by Gasteiger charge is 2.38. The Bertz CT molecular complexity index is 1780. The molecule has 12 nitrogen and oxygen atoms in total. The second kappa shape index (κ2) is 19.6. The summed E-state index contributed by atoms with van der Waals surface area (Å²) < 4.78 is 15.9. The largest absolute Gasteiger partial charge is 0.459 e. The van der Waals surface area contributed by atoms with Gasteiger partial charge < -0.3 is 29.7 Å².